The van der Waals surface area contributed by atoms with Gasteiger partial charge in [-0.25, -0.2) is 0 Å². The van der Waals surface area contributed by atoms with Crippen LogP contribution in [0, 0.1) is 0 Å². The predicted octanol–water partition coefficient (Wildman–Crippen LogP) is 1.11. The summed E-state index contributed by atoms with van der Waals surface area (Å²) >= 11 is 0. The van der Waals surface area contributed by atoms with Gasteiger partial charge in [0.25, 0.3) is 5.91 Å². The van der Waals surface area contributed by atoms with E-state index in [4.69, 9.17) is 4.99 Å². The summed E-state index contributed by atoms with van der Waals surface area (Å²) in [6, 6.07) is 16.6. The average Bonchev–Trinajstić information content (AvgIpc) is 2.85. The van der Waals surface area contributed by atoms with Gasteiger partial charge in [0.05, 0.1) is 17.5 Å². The number of benzodiazepines with no additional fused rings is 1. The van der Waals surface area contributed by atoms with Crippen LogP contribution >= 0.6 is 0 Å². The number of nitrogens with zero attached hydrogens (tertiary/aromatic N) is 2. The first-order valence-electron chi connectivity index (χ1n) is 9.37. The van der Waals surface area contributed by atoms with Crippen molar-refractivity contribution in [3.8, 4) is 0 Å². The average molecular weight is 364 g/mol. The molecule has 0 spiro atoms. The highest BCUT2D eigenvalue weighted by Crippen LogP contribution is 2.25. The molecular formula is C21H24N4O2. The van der Waals surface area contributed by atoms with Crippen molar-refractivity contribution in [3.05, 3.63) is 65.7 Å². The maximum atomic E-state index is 12.8. The molecule has 2 aliphatic heterocycles. The fraction of sp³-hybridized carbons (Fsp3) is 0.333. The van der Waals surface area contributed by atoms with Crippen LogP contribution in [0.25, 0.3) is 0 Å². The van der Waals surface area contributed by atoms with Crippen molar-refractivity contribution in [2.24, 2.45) is 4.99 Å². The first-order valence-corrected chi connectivity index (χ1v) is 9.37. The highest BCUT2D eigenvalue weighted by molar-refractivity contribution is 6.19. The van der Waals surface area contributed by atoms with Crippen LogP contribution in [0.1, 0.15) is 11.1 Å². The van der Waals surface area contributed by atoms with Crippen LogP contribution in [0.2, 0.25) is 0 Å². The van der Waals surface area contributed by atoms with Crippen LogP contribution in [-0.2, 0) is 4.79 Å². The van der Waals surface area contributed by atoms with Gasteiger partial charge in [-0.3, -0.25) is 14.7 Å². The lowest BCUT2D eigenvalue weighted by molar-refractivity contribution is -0.119. The van der Waals surface area contributed by atoms with Gasteiger partial charge >= 0.3 is 0 Å². The quantitative estimate of drug-likeness (QED) is 0.760. The minimum absolute atomic E-state index is 0.268. The minimum Gasteiger partial charge on any atom is -0.389 e. The van der Waals surface area contributed by atoms with E-state index in [2.05, 4.69) is 15.5 Å². The molecule has 0 bridgehead atoms. The zero-order valence-electron chi connectivity index (χ0n) is 15.1. The van der Waals surface area contributed by atoms with Crippen molar-refractivity contribution >= 4 is 17.3 Å². The zero-order chi connectivity index (χ0) is 18.6. The number of piperazine rings is 1. The number of nitrogens with one attached hydrogen (secondary N) is 2. The Kier molecular flexibility index (Phi) is 5.29. The van der Waals surface area contributed by atoms with Crippen LogP contribution < -0.4 is 10.6 Å². The number of aliphatic hydroxyl groups excluding tert-OH is 1. The molecule has 0 aliphatic carbocycles. The molecule has 1 unspecified atom stereocenters. The Balaban J connectivity index is 1.68. The smallest absolute Gasteiger partial charge is 0.251 e. The van der Waals surface area contributed by atoms with Crippen LogP contribution in [0.4, 0.5) is 5.69 Å². The maximum Gasteiger partial charge on any atom is 0.251 e. The fourth-order valence-electron chi connectivity index (χ4n) is 3.62. The summed E-state index contributed by atoms with van der Waals surface area (Å²) in [5.41, 5.74) is 3.26. The monoisotopic (exact) mass is 364 g/mol. The molecule has 2 atom stereocenters. The van der Waals surface area contributed by atoms with E-state index in [0.29, 0.717) is 6.54 Å². The van der Waals surface area contributed by atoms with Gasteiger partial charge in [0.1, 0.15) is 0 Å². The summed E-state index contributed by atoms with van der Waals surface area (Å²) in [5, 5.41) is 17.1. The van der Waals surface area contributed by atoms with Crippen molar-refractivity contribution in [2.75, 3.05) is 38.0 Å². The standard InChI is InChI=1S/C21H24N4O2/c26-18(14-25-12-10-22-11-13-25)20-21(27)23-17-9-5-4-8-16(17)19(24-20)15-6-2-1-3-7-15/h1-9,18,20,22,26H,10-14H2,(H,23,27)/t18?,20-/m0/s1. The van der Waals surface area contributed by atoms with Crippen molar-refractivity contribution in [1.82, 2.24) is 10.2 Å². The molecular weight excluding hydrogens is 340 g/mol. The number of carbonyl (C=O) groups is 1. The summed E-state index contributed by atoms with van der Waals surface area (Å²) in [4.78, 5) is 19.7. The SMILES string of the molecule is O=C1Nc2ccccc2C(c2ccccc2)=N[C@H]1C(O)CN1CCNCC1. The Hall–Kier alpha value is -2.54. The second kappa shape index (κ2) is 8.00. The van der Waals surface area contributed by atoms with Gasteiger partial charge in [-0.15, -0.1) is 0 Å². The van der Waals surface area contributed by atoms with Crippen LogP contribution in [-0.4, -0.2) is 66.5 Å². The lowest BCUT2D eigenvalue weighted by Gasteiger charge is -2.30. The summed E-state index contributed by atoms with van der Waals surface area (Å²) in [6.07, 6.45) is -0.865. The van der Waals surface area contributed by atoms with Gasteiger partial charge in [-0.2, -0.15) is 0 Å². The Morgan fingerprint density at radius 1 is 1.07 bits per heavy atom. The maximum absolute atomic E-state index is 12.8. The highest BCUT2D eigenvalue weighted by Gasteiger charge is 2.32. The van der Waals surface area contributed by atoms with E-state index >= 15 is 0 Å². The number of fused-ring (bicyclic) bond motifs is 1. The predicted molar refractivity (Wildman–Crippen MR) is 106 cm³/mol. The molecule has 1 fully saturated rings. The number of para-hydroxylation sites is 1. The van der Waals surface area contributed by atoms with Crippen LogP contribution in [0.3, 0.4) is 0 Å². The van der Waals surface area contributed by atoms with Gasteiger partial charge in [0, 0.05) is 43.9 Å². The molecule has 1 amide bonds. The Bertz CT molecular complexity index is 831. The van der Waals surface area contributed by atoms with Crippen molar-refractivity contribution in [1.29, 1.82) is 0 Å². The van der Waals surface area contributed by atoms with E-state index in [1.165, 1.54) is 0 Å². The molecule has 27 heavy (non-hydrogen) atoms. The lowest BCUT2D eigenvalue weighted by atomic mass is 10.0. The molecule has 6 nitrogen and oxygen atoms in total. The van der Waals surface area contributed by atoms with Gasteiger partial charge in [0.2, 0.25) is 0 Å². The van der Waals surface area contributed by atoms with Crippen molar-refractivity contribution in [3.63, 3.8) is 0 Å². The largest absolute Gasteiger partial charge is 0.389 e. The lowest BCUT2D eigenvalue weighted by Crippen LogP contribution is -2.50. The van der Waals surface area contributed by atoms with E-state index < -0.39 is 12.1 Å². The second-order valence-electron chi connectivity index (χ2n) is 6.94. The summed E-state index contributed by atoms with van der Waals surface area (Å²) < 4.78 is 0. The van der Waals surface area contributed by atoms with E-state index in [-0.39, 0.29) is 5.91 Å². The highest BCUT2D eigenvalue weighted by atomic mass is 16.3. The third kappa shape index (κ3) is 3.93. The molecule has 3 N–H and O–H groups in total. The topological polar surface area (TPSA) is 77.0 Å². The molecule has 6 heteroatoms. The molecule has 1 saturated heterocycles. The molecule has 0 aromatic heterocycles. The first kappa shape index (κ1) is 17.9. The summed E-state index contributed by atoms with van der Waals surface area (Å²) in [5.74, 6) is -0.268. The molecule has 140 valence electrons. The van der Waals surface area contributed by atoms with Gasteiger partial charge < -0.3 is 15.7 Å². The first-order chi connectivity index (χ1) is 13.2. The molecule has 4 rings (SSSR count). The number of aliphatic imine (C=N–C) groups is 1. The Labute approximate surface area is 158 Å². The second-order valence-corrected chi connectivity index (χ2v) is 6.94. The molecule has 0 saturated carbocycles. The molecule has 2 aromatic rings. The molecule has 0 radical (unpaired) electrons. The number of benzene rings is 2. The van der Waals surface area contributed by atoms with Crippen molar-refractivity contribution < 1.29 is 9.90 Å². The number of carbonyl (C=O) groups excluding carboxylic acids is 1. The van der Waals surface area contributed by atoms with Gasteiger partial charge in [-0.05, 0) is 6.07 Å². The van der Waals surface area contributed by atoms with Crippen LogP contribution in [0.15, 0.2) is 59.6 Å². The third-order valence-corrected chi connectivity index (χ3v) is 5.04. The van der Waals surface area contributed by atoms with E-state index in [9.17, 15) is 9.90 Å². The minimum atomic E-state index is -0.865. The number of hydrogen-bond acceptors (Lipinski definition) is 5. The number of aliphatic hydroxyl groups is 1. The van der Waals surface area contributed by atoms with Gasteiger partial charge in [-0.1, -0.05) is 48.5 Å². The number of rotatable bonds is 4. The Morgan fingerprint density at radius 2 is 1.78 bits per heavy atom. The molecule has 2 aromatic carbocycles. The van der Waals surface area contributed by atoms with E-state index in [1.54, 1.807) is 0 Å². The number of amides is 1. The van der Waals surface area contributed by atoms with Crippen molar-refractivity contribution in [2.45, 2.75) is 12.1 Å². The summed E-state index contributed by atoms with van der Waals surface area (Å²) in [6.45, 7) is 3.95. The number of β-amino-alcohol motifs (C(OH)–C–C–N with tert-alkyl or cyclic N) is 1. The molecule has 2 heterocycles. The van der Waals surface area contributed by atoms with E-state index in [1.807, 2.05) is 54.6 Å². The van der Waals surface area contributed by atoms with Crippen LogP contribution in [0.5, 0.6) is 0 Å². The number of hydrogen-bond donors (Lipinski definition) is 3. The normalized spacial score (nSPS) is 21.6. The summed E-state index contributed by atoms with van der Waals surface area (Å²) in [7, 11) is 0. The third-order valence-electron chi connectivity index (χ3n) is 5.04. The fourth-order valence-corrected chi connectivity index (χ4v) is 3.62. The Morgan fingerprint density at radius 3 is 2.56 bits per heavy atom. The van der Waals surface area contributed by atoms with E-state index in [0.717, 1.165) is 48.7 Å². The molecule has 2 aliphatic rings. The zero-order valence-corrected chi connectivity index (χ0v) is 15.1. The number of anilines is 1. The van der Waals surface area contributed by atoms with Gasteiger partial charge in [0.15, 0.2) is 6.04 Å².